The van der Waals surface area contributed by atoms with E-state index in [1.807, 2.05) is 12.1 Å². The molecule has 0 atom stereocenters. The molecule has 84 valence electrons. The Bertz CT molecular complexity index is 646. The van der Waals surface area contributed by atoms with Gasteiger partial charge in [0.05, 0.1) is 11.0 Å². The van der Waals surface area contributed by atoms with Crippen molar-refractivity contribution >= 4 is 11.0 Å². The Morgan fingerprint density at radius 2 is 2.18 bits per heavy atom. The molecule has 1 aromatic carbocycles. The van der Waals surface area contributed by atoms with Crippen molar-refractivity contribution in [3.05, 3.63) is 59.9 Å². The third-order valence-electron chi connectivity index (χ3n) is 2.59. The molecule has 3 nitrogen and oxygen atoms in total. The predicted molar refractivity (Wildman–Crippen MR) is 63.1 cm³/mol. The SMILES string of the molecule is Fc1ccc2nc(Cc3cccnc3)[nH]c2c1. The van der Waals surface area contributed by atoms with E-state index >= 15 is 0 Å². The summed E-state index contributed by atoms with van der Waals surface area (Å²) in [4.78, 5) is 11.6. The lowest BCUT2D eigenvalue weighted by Crippen LogP contribution is -1.90. The van der Waals surface area contributed by atoms with E-state index in [4.69, 9.17) is 0 Å². The van der Waals surface area contributed by atoms with Gasteiger partial charge in [-0.1, -0.05) is 6.07 Å². The van der Waals surface area contributed by atoms with Crippen molar-refractivity contribution < 1.29 is 4.39 Å². The monoisotopic (exact) mass is 227 g/mol. The molecule has 2 heterocycles. The minimum absolute atomic E-state index is 0.255. The second kappa shape index (κ2) is 3.97. The van der Waals surface area contributed by atoms with E-state index in [2.05, 4.69) is 15.0 Å². The first-order chi connectivity index (χ1) is 8.31. The summed E-state index contributed by atoms with van der Waals surface area (Å²) in [7, 11) is 0. The van der Waals surface area contributed by atoms with Crippen molar-refractivity contribution in [3.63, 3.8) is 0 Å². The Kier molecular flexibility index (Phi) is 2.33. The van der Waals surface area contributed by atoms with Crippen LogP contribution in [0.3, 0.4) is 0 Å². The van der Waals surface area contributed by atoms with Gasteiger partial charge in [-0.2, -0.15) is 0 Å². The molecular weight excluding hydrogens is 217 g/mol. The number of H-pyrrole nitrogens is 1. The number of halogens is 1. The van der Waals surface area contributed by atoms with Gasteiger partial charge >= 0.3 is 0 Å². The number of benzene rings is 1. The van der Waals surface area contributed by atoms with E-state index in [1.54, 1.807) is 18.5 Å². The molecule has 0 fully saturated rings. The van der Waals surface area contributed by atoms with Crippen LogP contribution >= 0.6 is 0 Å². The molecule has 0 saturated carbocycles. The van der Waals surface area contributed by atoms with Crippen LogP contribution in [-0.4, -0.2) is 15.0 Å². The number of fused-ring (bicyclic) bond motifs is 1. The molecule has 0 unspecified atom stereocenters. The molecule has 2 aromatic heterocycles. The highest BCUT2D eigenvalue weighted by molar-refractivity contribution is 5.75. The van der Waals surface area contributed by atoms with Crippen molar-refractivity contribution in [1.82, 2.24) is 15.0 Å². The molecule has 3 aromatic rings. The highest BCUT2D eigenvalue weighted by Gasteiger charge is 2.04. The van der Waals surface area contributed by atoms with E-state index in [1.165, 1.54) is 12.1 Å². The van der Waals surface area contributed by atoms with Gasteiger partial charge in [0.25, 0.3) is 0 Å². The molecule has 0 aliphatic carbocycles. The van der Waals surface area contributed by atoms with Crippen molar-refractivity contribution in [2.24, 2.45) is 0 Å². The number of aromatic nitrogens is 3. The smallest absolute Gasteiger partial charge is 0.125 e. The average molecular weight is 227 g/mol. The molecule has 0 aliphatic heterocycles. The van der Waals surface area contributed by atoms with Crippen molar-refractivity contribution in [2.45, 2.75) is 6.42 Å². The molecule has 0 radical (unpaired) electrons. The second-order valence-electron chi connectivity index (χ2n) is 3.88. The molecule has 4 heteroatoms. The first-order valence-electron chi connectivity index (χ1n) is 5.34. The summed E-state index contributed by atoms with van der Waals surface area (Å²) in [5.74, 6) is 0.563. The number of nitrogens with zero attached hydrogens (tertiary/aromatic N) is 2. The Labute approximate surface area is 97.3 Å². The first-order valence-corrected chi connectivity index (χ1v) is 5.34. The maximum Gasteiger partial charge on any atom is 0.125 e. The summed E-state index contributed by atoms with van der Waals surface area (Å²) in [5.41, 5.74) is 2.58. The van der Waals surface area contributed by atoms with Gasteiger partial charge in [-0.15, -0.1) is 0 Å². The fraction of sp³-hybridized carbons (Fsp3) is 0.0769. The number of hydrogen-bond acceptors (Lipinski definition) is 2. The summed E-state index contributed by atoms with van der Waals surface area (Å²) in [5, 5.41) is 0. The Hall–Kier alpha value is -2.23. The standard InChI is InChI=1S/C13H10FN3/c14-10-3-4-11-12(7-10)17-13(16-11)6-9-2-1-5-15-8-9/h1-5,7-8H,6H2,(H,16,17). The zero-order chi connectivity index (χ0) is 11.7. The lowest BCUT2D eigenvalue weighted by Gasteiger charge is -1.95. The van der Waals surface area contributed by atoms with Crippen LogP contribution in [0.2, 0.25) is 0 Å². The van der Waals surface area contributed by atoms with E-state index in [9.17, 15) is 4.39 Å². The maximum atomic E-state index is 13.0. The molecule has 0 aliphatic rings. The molecule has 0 bridgehead atoms. The lowest BCUT2D eigenvalue weighted by molar-refractivity contribution is 0.629. The second-order valence-corrected chi connectivity index (χ2v) is 3.88. The molecule has 1 N–H and O–H groups in total. The normalized spacial score (nSPS) is 10.9. The maximum absolute atomic E-state index is 13.0. The van der Waals surface area contributed by atoms with Gasteiger partial charge < -0.3 is 4.98 Å². The van der Waals surface area contributed by atoms with Crippen LogP contribution in [0.1, 0.15) is 11.4 Å². The third-order valence-corrected chi connectivity index (χ3v) is 2.59. The van der Waals surface area contributed by atoms with E-state index in [0.717, 1.165) is 22.4 Å². The van der Waals surface area contributed by atoms with Crippen LogP contribution in [0.25, 0.3) is 11.0 Å². The number of nitrogens with one attached hydrogen (secondary N) is 1. The molecule has 0 amide bonds. The van der Waals surface area contributed by atoms with E-state index in [0.29, 0.717) is 6.42 Å². The third kappa shape index (κ3) is 2.01. The van der Waals surface area contributed by atoms with Crippen LogP contribution in [0, 0.1) is 5.82 Å². The number of imidazole rings is 1. The summed E-state index contributed by atoms with van der Waals surface area (Å²) < 4.78 is 13.0. The first kappa shape index (κ1) is 9.96. The van der Waals surface area contributed by atoms with Gasteiger partial charge in [0.1, 0.15) is 11.6 Å². The number of aromatic amines is 1. The Balaban J connectivity index is 1.96. The van der Waals surface area contributed by atoms with E-state index < -0.39 is 0 Å². The topological polar surface area (TPSA) is 41.6 Å². The van der Waals surface area contributed by atoms with Crippen molar-refractivity contribution in [1.29, 1.82) is 0 Å². The van der Waals surface area contributed by atoms with Crippen molar-refractivity contribution in [2.75, 3.05) is 0 Å². The molecular formula is C13H10FN3. The summed E-state index contributed by atoms with van der Waals surface area (Å²) in [6, 6.07) is 8.42. The fourth-order valence-electron chi connectivity index (χ4n) is 1.81. The minimum Gasteiger partial charge on any atom is -0.342 e. The predicted octanol–water partition coefficient (Wildman–Crippen LogP) is 2.69. The zero-order valence-corrected chi connectivity index (χ0v) is 9.02. The Morgan fingerprint density at radius 3 is 3.00 bits per heavy atom. The van der Waals surface area contributed by atoms with Crippen LogP contribution in [0.15, 0.2) is 42.7 Å². The van der Waals surface area contributed by atoms with Crippen molar-refractivity contribution in [3.8, 4) is 0 Å². The van der Waals surface area contributed by atoms with E-state index in [-0.39, 0.29) is 5.82 Å². The highest BCUT2D eigenvalue weighted by atomic mass is 19.1. The van der Waals surface area contributed by atoms with Crippen LogP contribution < -0.4 is 0 Å². The molecule has 3 rings (SSSR count). The zero-order valence-electron chi connectivity index (χ0n) is 9.02. The number of hydrogen-bond donors (Lipinski definition) is 1. The number of rotatable bonds is 2. The molecule has 0 saturated heterocycles. The Morgan fingerprint density at radius 1 is 1.24 bits per heavy atom. The van der Waals surface area contributed by atoms with Crippen LogP contribution in [0.4, 0.5) is 4.39 Å². The van der Waals surface area contributed by atoms with Gasteiger partial charge in [-0.25, -0.2) is 9.37 Å². The van der Waals surface area contributed by atoms with Gasteiger partial charge in [-0.3, -0.25) is 4.98 Å². The summed E-state index contributed by atoms with van der Waals surface area (Å²) in [6.45, 7) is 0. The van der Waals surface area contributed by atoms with Crippen LogP contribution in [-0.2, 0) is 6.42 Å². The average Bonchev–Trinajstić information content (AvgIpc) is 2.71. The van der Waals surface area contributed by atoms with Gasteiger partial charge in [0.2, 0.25) is 0 Å². The van der Waals surface area contributed by atoms with Gasteiger partial charge in [0.15, 0.2) is 0 Å². The van der Waals surface area contributed by atoms with Gasteiger partial charge in [-0.05, 0) is 29.8 Å². The minimum atomic E-state index is -0.255. The summed E-state index contributed by atoms with van der Waals surface area (Å²) >= 11 is 0. The molecule has 17 heavy (non-hydrogen) atoms. The van der Waals surface area contributed by atoms with Crippen LogP contribution in [0.5, 0.6) is 0 Å². The fourth-order valence-corrected chi connectivity index (χ4v) is 1.81. The quantitative estimate of drug-likeness (QED) is 0.731. The summed E-state index contributed by atoms with van der Waals surface area (Å²) in [6.07, 6.45) is 4.20. The highest BCUT2D eigenvalue weighted by Crippen LogP contribution is 2.14. The molecule has 0 spiro atoms. The van der Waals surface area contributed by atoms with Gasteiger partial charge in [0, 0.05) is 18.8 Å². The largest absolute Gasteiger partial charge is 0.342 e. The lowest BCUT2D eigenvalue weighted by atomic mass is 10.2. The number of pyridine rings is 1.